The van der Waals surface area contributed by atoms with Gasteiger partial charge in [-0.15, -0.1) is 0 Å². The van der Waals surface area contributed by atoms with Crippen LogP contribution in [0.3, 0.4) is 0 Å². The van der Waals surface area contributed by atoms with Crippen LogP contribution in [0.5, 0.6) is 0 Å². The Hall–Kier alpha value is -2.57. The molecule has 7 heteroatoms. The molecule has 0 radical (unpaired) electrons. The van der Waals surface area contributed by atoms with Gasteiger partial charge in [-0.25, -0.2) is 9.78 Å². The van der Waals surface area contributed by atoms with Crippen LogP contribution in [-0.2, 0) is 10.3 Å². The minimum absolute atomic E-state index is 0.113. The quantitative estimate of drug-likeness (QED) is 0.932. The highest BCUT2D eigenvalue weighted by Crippen LogP contribution is 2.32. The van der Waals surface area contributed by atoms with Gasteiger partial charge in [0.1, 0.15) is 17.1 Å². The van der Waals surface area contributed by atoms with Crippen molar-refractivity contribution in [2.75, 3.05) is 13.1 Å². The van der Waals surface area contributed by atoms with E-state index in [0.717, 1.165) is 0 Å². The highest BCUT2D eigenvalue weighted by atomic mass is 16.4. The predicted octanol–water partition coefficient (Wildman–Crippen LogP) is 1.81. The first-order valence-electron chi connectivity index (χ1n) is 7.53. The first kappa shape index (κ1) is 15.3. The van der Waals surface area contributed by atoms with Gasteiger partial charge in [-0.2, -0.15) is 0 Å². The molecule has 0 saturated carbocycles. The van der Waals surface area contributed by atoms with Crippen molar-refractivity contribution in [3.63, 3.8) is 0 Å². The molecule has 3 rings (SSSR count). The van der Waals surface area contributed by atoms with Crippen LogP contribution in [0.4, 0.5) is 0 Å². The molecule has 0 aromatic carbocycles. The molecule has 0 atom stereocenters. The van der Waals surface area contributed by atoms with E-state index in [2.05, 4.69) is 4.98 Å². The molecule has 122 valence electrons. The molecule has 1 saturated heterocycles. The predicted molar refractivity (Wildman–Crippen MR) is 81.2 cm³/mol. The number of carbonyl (C=O) groups excluding carboxylic acids is 1. The second-order valence-corrected chi connectivity index (χ2v) is 5.86. The standard InChI is InChI=1S/C16H19N3O4/c1-11-13(3-10-23-11)14(20)18-7-4-16(5-8-18,15(21)22)19-9-6-17-12(19)2/h3,6,9-10H,4-5,7-8H2,1-2H3,(H,21,22). The molecule has 1 aliphatic rings. The average Bonchev–Trinajstić information content (AvgIpc) is 3.15. The third-order valence-electron chi connectivity index (χ3n) is 4.65. The summed E-state index contributed by atoms with van der Waals surface area (Å²) >= 11 is 0. The maximum atomic E-state index is 12.5. The van der Waals surface area contributed by atoms with Crippen molar-refractivity contribution < 1.29 is 19.1 Å². The number of amides is 1. The number of aliphatic carboxylic acids is 1. The van der Waals surface area contributed by atoms with Crippen molar-refractivity contribution in [2.45, 2.75) is 32.2 Å². The van der Waals surface area contributed by atoms with Crippen LogP contribution in [0.1, 0.15) is 34.8 Å². The van der Waals surface area contributed by atoms with Crippen molar-refractivity contribution >= 4 is 11.9 Å². The number of carboxylic acids is 1. The molecule has 0 spiro atoms. The number of carboxylic acid groups (broad SMARTS) is 1. The highest BCUT2D eigenvalue weighted by Gasteiger charge is 2.44. The summed E-state index contributed by atoms with van der Waals surface area (Å²) in [6, 6.07) is 1.65. The lowest BCUT2D eigenvalue weighted by molar-refractivity contribution is -0.150. The Kier molecular flexibility index (Phi) is 3.71. The van der Waals surface area contributed by atoms with Gasteiger partial charge < -0.3 is 19.0 Å². The van der Waals surface area contributed by atoms with Crippen LogP contribution in [0, 0.1) is 13.8 Å². The van der Waals surface area contributed by atoms with Crippen LogP contribution in [0.15, 0.2) is 29.1 Å². The van der Waals surface area contributed by atoms with Crippen molar-refractivity contribution in [2.24, 2.45) is 0 Å². The number of rotatable bonds is 3. The number of carbonyl (C=O) groups is 2. The van der Waals surface area contributed by atoms with Crippen LogP contribution in [0.25, 0.3) is 0 Å². The molecule has 3 heterocycles. The number of nitrogens with zero attached hydrogens (tertiary/aromatic N) is 3. The Bertz CT molecular complexity index is 738. The zero-order valence-electron chi connectivity index (χ0n) is 13.2. The summed E-state index contributed by atoms with van der Waals surface area (Å²) in [5, 5.41) is 9.77. The van der Waals surface area contributed by atoms with Gasteiger partial charge in [-0.05, 0) is 32.8 Å². The zero-order chi connectivity index (χ0) is 16.6. The summed E-state index contributed by atoms with van der Waals surface area (Å²) in [6.07, 6.45) is 5.49. The first-order valence-corrected chi connectivity index (χ1v) is 7.53. The van der Waals surface area contributed by atoms with Crippen LogP contribution in [-0.4, -0.2) is 44.5 Å². The molecule has 0 aliphatic carbocycles. The average molecular weight is 317 g/mol. The van der Waals surface area contributed by atoms with Gasteiger partial charge in [0.05, 0.1) is 11.8 Å². The number of aryl methyl sites for hydroxylation is 2. The molecule has 1 amide bonds. The van der Waals surface area contributed by atoms with E-state index in [0.29, 0.717) is 43.1 Å². The number of hydrogen-bond acceptors (Lipinski definition) is 4. The molecule has 2 aromatic heterocycles. The SMILES string of the molecule is Cc1occc1C(=O)N1CCC(C(=O)O)(n2ccnc2C)CC1. The summed E-state index contributed by atoms with van der Waals surface area (Å²) in [5.74, 6) is 0.246. The summed E-state index contributed by atoms with van der Waals surface area (Å²) in [7, 11) is 0. The topological polar surface area (TPSA) is 88.6 Å². The van der Waals surface area contributed by atoms with E-state index in [1.807, 2.05) is 0 Å². The van der Waals surface area contributed by atoms with Crippen molar-refractivity contribution in [1.29, 1.82) is 0 Å². The summed E-state index contributed by atoms with van der Waals surface area (Å²) in [5.41, 5.74) is -0.505. The lowest BCUT2D eigenvalue weighted by atomic mass is 9.86. The molecule has 1 aliphatic heterocycles. The lowest BCUT2D eigenvalue weighted by Gasteiger charge is -2.40. The first-order chi connectivity index (χ1) is 11.0. The second kappa shape index (κ2) is 5.57. The van der Waals surface area contributed by atoms with E-state index in [4.69, 9.17) is 4.42 Å². The molecule has 0 bridgehead atoms. The van der Waals surface area contributed by atoms with Gasteiger partial charge in [0.15, 0.2) is 0 Å². The summed E-state index contributed by atoms with van der Waals surface area (Å²) < 4.78 is 6.88. The van der Waals surface area contributed by atoms with E-state index in [1.165, 1.54) is 6.26 Å². The number of furan rings is 1. The number of likely N-dealkylation sites (tertiary alicyclic amines) is 1. The smallest absolute Gasteiger partial charge is 0.330 e. The van der Waals surface area contributed by atoms with Crippen LogP contribution in [0.2, 0.25) is 0 Å². The normalized spacial score (nSPS) is 17.2. The number of piperidine rings is 1. The Morgan fingerprint density at radius 2 is 2.00 bits per heavy atom. The van der Waals surface area contributed by atoms with Gasteiger partial charge in [-0.1, -0.05) is 0 Å². The maximum Gasteiger partial charge on any atom is 0.330 e. The van der Waals surface area contributed by atoms with Gasteiger partial charge in [0.2, 0.25) is 0 Å². The van der Waals surface area contributed by atoms with Crippen LogP contribution < -0.4 is 0 Å². The highest BCUT2D eigenvalue weighted by molar-refractivity contribution is 5.95. The van der Waals surface area contributed by atoms with Crippen molar-refractivity contribution in [3.05, 3.63) is 41.9 Å². The zero-order valence-corrected chi connectivity index (χ0v) is 13.2. The third-order valence-corrected chi connectivity index (χ3v) is 4.65. The lowest BCUT2D eigenvalue weighted by Crippen LogP contribution is -2.52. The van der Waals surface area contributed by atoms with Crippen molar-refractivity contribution in [1.82, 2.24) is 14.5 Å². The Labute approximate surface area is 133 Å². The molecule has 23 heavy (non-hydrogen) atoms. The summed E-state index contributed by atoms with van der Waals surface area (Å²) in [6.45, 7) is 4.30. The molecular formula is C16H19N3O4. The minimum Gasteiger partial charge on any atom is -0.479 e. The number of aromatic nitrogens is 2. The fourth-order valence-electron chi connectivity index (χ4n) is 3.25. The van der Waals surface area contributed by atoms with Gasteiger partial charge in [0.25, 0.3) is 5.91 Å². The van der Waals surface area contributed by atoms with Crippen molar-refractivity contribution in [3.8, 4) is 0 Å². The number of hydrogen-bond donors (Lipinski definition) is 1. The van der Waals surface area contributed by atoms with E-state index >= 15 is 0 Å². The fraction of sp³-hybridized carbons (Fsp3) is 0.438. The molecular weight excluding hydrogens is 298 g/mol. The minimum atomic E-state index is -1.04. The summed E-state index contributed by atoms with van der Waals surface area (Å²) in [4.78, 5) is 30.3. The Morgan fingerprint density at radius 3 is 2.48 bits per heavy atom. The Balaban J connectivity index is 1.81. The monoisotopic (exact) mass is 317 g/mol. The van der Waals surface area contributed by atoms with Gasteiger partial charge in [-0.3, -0.25) is 4.79 Å². The van der Waals surface area contributed by atoms with Gasteiger partial charge in [0, 0.05) is 25.5 Å². The van der Waals surface area contributed by atoms with E-state index < -0.39 is 11.5 Å². The Morgan fingerprint density at radius 1 is 1.30 bits per heavy atom. The largest absolute Gasteiger partial charge is 0.479 e. The van der Waals surface area contributed by atoms with Gasteiger partial charge >= 0.3 is 5.97 Å². The fourth-order valence-corrected chi connectivity index (χ4v) is 3.25. The second-order valence-electron chi connectivity index (χ2n) is 5.86. The molecule has 1 fully saturated rings. The number of imidazole rings is 1. The van der Waals surface area contributed by atoms with E-state index in [9.17, 15) is 14.7 Å². The molecule has 1 N–H and O–H groups in total. The van der Waals surface area contributed by atoms with Crippen LogP contribution >= 0.6 is 0 Å². The molecule has 0 unspecified atom stereocenters. The molecule has 7 nitrogen and oxygen atoms in total. The van der Waals surface area contributed by atoms with E-state index in [1.54, 1.807) is 41.8 Å². The molecule has 2 aromatic rings. The third kappa shape index (κ3) is 2.42. The maximum absolute atomic E-state index is 12.5. The van der Waals surface area contributed by atoms with E-state index in [-0.39, 0.29) is 5.91 Å².